The highest BCUT2D eigenvalue weighted by atomic mass is 16.7. The second-order valence-corrected chi connectivity index (χ2v) is 9.31. The van der Waals surface area contributed by atoms with Crippen LogP contribution in [0, 0.1) is 5.92 Å². The topological polar surface area (TPSA) is 79.3 Å². The van der Waals surface area contributed by atoms with Gasteiger partial charge in [0.1, 0.15) is 0 Å². The van der Waals surface area contributed by atoms with E-state index in [0.29, 0.717) is 30.2 Å². The van der Waals surface area contributed by atoms with Crippen molar-refractivity contribution < 1.29 is 24.2 Å². The molecule has 0 radical (unpaired) electrons. The third-order valence-corrected chi connectivity index (χ3v) is 7.65. The number of carbonyl (C=O) groups is 2. The van der Waals surface area contributed by atoms with E-state index < -0.39 is 5.54 Å². The number of ether oxygens (including phenoxy) is 2. The number of aliphatic hydroxyl groups excluding tert-OH is 1. The molecule has 1 aliphatic carbocycles. The second kappa shape index (κ2) is 7.24. The molecule has 1 N–H and O–H groups in total. The summed E-state index contributed by atoms with van der Waals surface area (Å²) in [5.41, 5.74) is 1.21. The Morgan fingerprint density at radius 2 is 1.78 bits per heavy atom. The number of hydrogen-bond donors (Lipinski definition) is 1. The van der Waals surface area contributed by atoms with Crippen LogP contribution in [0.15, 0.2) is 48.5 Å². The standard InChI is InChI=1S/C25H26N2O5/c28-12-19-22(16-5-2-1-3-6-16)25(27(19)24(30)17-7-4-8-17)13-26(14-25)23(29)18-9-10-20-21(11-18)32-15-31-20/h1-3,5-6,9-11,17,19,22,28H,4,7-8,12-15H2/t19-,22-/m1/s1. The first kappa shape index (κ1) is 19.6. The number of benzene rings is 2. The van der Waals surface area contributed by atoms with Crippen molar-refractivity contribution in [3.8, 4) is 11.5 Å². The number of likely N-dealkylation sites (tertiary alicyclic amines) is 2. The summed E-state index contributed by atoms with van der Waals surface area (Å²) >= 11 is 0. The first-order valence-electron chi connectivity index (χ1n) is 11.3. The molecule has 4 aliphatic rings. The fourth-order valence-electron chi connectivity index (χ4n) is 5.84. The van der Waals surface area contributed by atoms with Crippen LogP contribution in [0.5, 0.6) is 11.5 Å². The van der Waals surface area contributed by atoms with Gasteiger partial charge in [0.25, 0.3) is 5.91 Å². The molecule has 0 unspecified atom stereocenters. The number of nitrogens with zero attached hydrogens (tertiary/aromatic N) is 2. The minimum atomic E-state index is -0.451. The molecule has 3 heterocycles. The highest BCUT2D eigenvalue weighted by Crippen LogP contribution is 2.55. The van der Waals surface area contributed by atoms with Gasteiger partial charge in [0, 0.05) is 30.5 Å². The van der Waals surface area contributed by atoms with E-state index in [-0.39, 0.29) is 43.1 Å². The van der Waals surface area contributed by atoms with E-state index in [0.717, 1.165) is 24.8 Å². The zero-order chi connectivity index (χ0) is 21.9. The lowest BCUT2D eigenvalue weighted by molar-refractivity contribution is -0.199. The molecule has 2 aromatic carbocycles. The van der Waals surface area contributed by atoms with Gasteiger partial charge in [-0.2, -0.15) is 0 Å². The average Bonchev–Trinajstić information content (AvgIpc) is 3.19. The average molecular weight is 434 g/mol. The molecule has 3 fully saturated rings. The quantitative estimate of drug-likeness (QED) is 0.800. The van der Waals surface area contributed by atoms with Crippen molar-refractivity contribution in [1.29, 1.82) is 0 Å². The molecule has 0 bridgehead atoms. The maximum Gasteiger partial charge on any atom is 0.254 e. The van der Waals surface area contributed by atoms with Crippen LogP contribution in [0.25, 0.3) is 0 Å². The molecule has 3 aliphatic heterocycles. The first-order chi connectivity index (χ1) is 15.6. The Labute approximate surface area is 186 Å². The Hall–Kier alpha value is -3.06. The molecular weight excluding hydrogens is 408 g/mol. The van der Waals surface area contributed by atoms with E-state index in [9.17, 15) is 14.7 Å². The molecule has 7 nitrogen and oxygen atoms in total. The van der Waals surface area contributed by atoms with Crippen LogP contribution in [0.2, 0.25) is 0 Å². The predicted molar refractivity (Wildman–Crippen MR) is 115 cm³/mol. The van der Waals surface area contributed by atoms with Crippen molar-refractivity contribution in [2.45, 2.75) is 36.8 Å². The van der Waals surface area contributed by atoms with Crippen LogP contribution in [-0.4, -0.2) is 64.8 Å². The first-order valence-corrected chi connectivity index (χ1v) is 11.3. The molecule has 2 atom stereocenters. The van der Waals surface area contributed by atoms with E-state index in [1.54, 1.807) is 23.1 Å². The van der Waals surface area contributed by atoms with Crippen LogP contribution in [0.4, 0.5) is 0 Å². The summed E-state index contributed by atoms with van der Waals surface area (Å²) in [5, 5.41) is 10.2. The molecule has 0 aromatic heterocycles. The maximum absolute atomic E-state index is 13.3. The van der Waals surface area contributed by atoms with Gasteiger partial charge in [-0.05, 0) is 36.6 Å². The van der Waals surface area contributed by atoms with Gasteiger partial charge in [-0.25, -0.2) is 0 Å². The summed E-state index contributed by atoms with van der Waals surface area (Å²) < 4.78 is 10.8. The van der Waals surface area contributed by atoms with Gasteiger partial charge in [-0.15, -0.1) is 0 Å². The third kappa shape index (κ3) is 2.70. The molecule has 6 rings (SSSR count). The van der Waals surface area contributed by atoms with E-state index in [1.807, 2.05) is 23.1 Å². The third-order valence-electron chi connectivity index (χ3n) is 7.65. The maximum atomic E-state index is 13.3. The largest absolute Gasteiger partial charge is 0.454 e. The summed E-state index contributed by atoms with van der Waals surface area (Å²) in [4.78, 5) is 30.2. The predicted octanol–water partition coefficient (Wildman–Crippen LogP) is 2.40. The molecule has 2 amide bonds. The van der Waals surface area contributed by atoms with E-state index in [1.165, 1.54) is 0 Å². The Bertz CT molecular complexity index is 1060. The van der Waals surface area contributed by atoms with E-state index in [2.05, 4.69) is 12.1 Å². The molecule has 2 saturated heterocycles. The van der Waals surface area contributed by atoms with Crippen LogP contribution < -0.4 is 9.47 Å². The Morgan fingerprint density at radius 1 is 1.03 bits per heavy atom. The number of amides is 2. The van der Waals surface area contributed by atoms with Gasteiger partial charge in [0.05, 0.1) is 18.2 Å². The summed E-state index contributed by atoms with van der Waals surface area (Å²) in [6, 6.07) is 15.1. The number of carbonyl (C=O) groups excluding carboxylic acids is 2. The molecule has 2 aromatic rings. The smallest absolute Gasteiger partial charge is 0.254 e. The highest BCUT2D eigenvalue weighted by molar-refractivity contribution is 5.96. The molecule has 166 valence electrons. The molecule has 1 spiro atoms. The van der Waals surface area contributed by atoms with Crippen molar-refractivity contribution in [2.75, 3.05) is 26.5 Å². The lowest BCUT2D eigenvalue weighted by atomic mass is 9.59. The Kier molecular flexibility index (Phi) is 4.43. The normalized spacial score (nSPS) is 25.2. The van der Waals surface area contributed by atoms with Crippen molar-refractivity contribution in [2.24, 2.45) is 5.92 Å². The molecule has 1 saturated carbocycles. The second-order valence-electron chi connectivity index (χ2n) is 9.31. The Morgan fingerprint density at radius 3 is 2.47 bits per heavy atom. The van der Waals surface area contributed by atoms with Crippen LogP contribution in [0.1, 0.15) is 41.1 Å². The number of aliphatic hydroxyl groups is 1. The van der Waals surface area contributed by atoms with Gasteiger partial charge in [0.15, 0.2) is 11.5 Å². The van der Waals surface area contributed by atoms with Gasteiger partial charge < -0.3 is 24.4 Å². The van der Waals surface area contributed by atoms with Crippen LogP contribution >= 0.6 is 0 Å². The van der Waals surface area contributed by atoms with Crippen molar-refractivity contribution in [3.05, 3.63) is 59.7 Å². The fraction of sp³-hybridized carbons (Fsp3) is 0.440. The lowest BCUT2D eigenvalue weighted by Crippen LogP contribution is -2.86. The molecular formula is C25H26N2O5. The Balaban J connectivity index is 1.28. The van der Waals surface area contributed by atoms with E-state index >= 15 is 0 Å². The van der Waals surface area contributed by atoms with Crippen molar-refractivity contribution >= 4 is 11.8 Å². The summed E-state index contributed by atoms with van der Waals surface area (Å²) in [6.45, 7) is 1.03. The van der Waals surface area contributed by atoms with Gasteiger partial charge in [-0.3, -0.25) is 9.59 Å². The number of rotatable bonds is 4. The summed E-state index contributed by atoms with van der Waals surface area (Å²) in [5.74, 6) is 1.35. The van der Waals surface area contributed by atoms with E-state index in [4.69, 9.17) is 9.47 Å². The minimum Gasteiger partial charge on any atom is -0.454 e. The number of hydrogen-bond acceptors (Lipinski definition) is 5. The lowest BCUT2D eigenvalue weighted by Gasteiger charge is -2.71. The zero-order valence-electron chi connectivity index (χ0n) is 17.8. The highest BCUT2D eigenvalue weighted by Gasteiger charge is 2.68. The monoisotopic (exact) mass is 434 g/mol. The molecule has 32 heavy (non-hydrogen) atoms. The van der Waals surface area contributed by atoms with Crippen LogP contribution in [0.3, 0.4) is 0 Å². The van der Waals surface area contributed by atoms with Crippen LogP contribution in [-0.2, 0) is 4.79 Å². The summed E-state index contributed by atoms with van der Waals surface area (Å²) in [6.07, 6.45) is 2.91. The van der Waals surface area contributed by atoms with Crippen molar-refractivity contribution in [1.82, 2.24) is 9.80 Å². The number of fused-ring (bicyclic) bond motifs is 1. The fourth-order valence-corrected chi connectivity index (χ4v) is 5.84. The SMILES string of the molecule is O=C(c1ccc2c(c1)OCO2)N1CC2(C1)[C@H](c1ccccc1)[C@@H](CO)N2C(=O)C1CCC1. The zero-order valence-corrected chi connectivity index (χ0v) is 17.8. The molecule has 7 heteroatoms. The summed E-state index contributed by atoms with van der Waals surface area (Å²) in [7, 11) is 0. The van der Waals surface area contributed by atoms with Crippen molar-refractivity contribution in [3.63, 3.8) is 0 Å². The van der Waals surface area contributed by atoms with Gasteiger partial charge in [-0.1, -0.05) is 36.8 Å². The van der Waals surface area contributed by atoms with Gasteiger partial charge >= 0.3 is 0 Å². The minimum absolute atomic E-state index is 0.0125. The van der Waals surface area contributed by atoms with Gasteiger partial charge in [0.2, 0.25) is 12.7 Å².